The van der Waals surface area contributed by atoms with Gasteiger partial charge < -0.3 is 4.90 Å². The average Bonchev–Trinajstić information content (AvgIpc) is 2.72. The smallest absolute Gasteiger partial charge is 0.239 e. The summed E-state index contributed by atoms with van der Waals surface area (Å²) in [6.45, 7) is 0. The van der Waals surface area contributed by atoms with Gasteiger partial charge in [-0.05, 0) is 25.0 Å². The molecule has 0 bridgehead atoms. The van der Waals surface area contributed by atoms with Crippen molar-refractivity contribution in [2.24, 2.45) is 5.92 Å². The first-order valence-corrected chi connectivity index (χ1v) is 8.14. The van der Waals surface area contributed by atoms with Crippen molar-refractivity contribution in [3.05, 3.63) is 30.3 Å². The van der Waals surface area contributed by atoms with Gasteiger partial charge in [-0.1, -0.05) is 31.0 Å². The van der Waals surface area contributed by atoms with E-state index in [9.17, 15) is 9.00 Å². The van der Waals surface area contributed by atoms with Gasteiger partial charge in [0.1, 0.15) is 5.25 Å². The van der Waals surface area contributed by atoms with E-state index in [4.69, 9.17) is 0 Å². The molecule has 1 aliphatic carbocycles. The number of likely N-dealkylation sites (tertiary alicyclic amines) is 1. The highest BCUT2D eigenvalue weighted by atomic mass is 32.2. The van der Waals surface area contributed by atoms with E-state index >= 15 is 0 Å². The fourth-order valence-corrected chi connectivity index (χ4v) is 5.18. The van der Waals surface area contributed by atoms with E-state index in [1.54, 1.807) is 0 Å². The lowest BCUT2D eigenvalue weighted by atomic mass is 9.85. The molecular formula is C15H19NO2S. The predicted molar refractivity (Wildman–Crippen MR) is 75.2 cm³/mol. The zero-order chi connectivity index (χ0) is 13.4. The van der Waals surface area contributed by atoms with Crippen LogP contribution in [0.25, 0.3) is 0 Å². The molecule has 1 heterocycles. The van der Waals surface area contributed by atoms with Crippen molar-refractivity contribution in [1.29, 1.82) is 0 Å². The Kier molecular flexibility index (Phi) is 3.44. The Morgan fingerprint density at radius 3 is 2.58 bits per heavy atom. The van der Waals surface area contributed by atoms with Crippen LogP contribution in [0.1, 0.15) is 25.7 Å². The van der Waals surface area contributed by atoms with Crippen LogP contribution >= 0.6 is 0 Å². The molecule has 1 saturated heterocycles. The molecule has 102 valence electrons. The molecule has 2 fully saturated rings. The Balaban J connectivity index is 1.91. The number of hydrogen-bond donors (Lipinski definition) is 0. The molecule has 1 aromatic carbocycles. The number of rotatable bonds is 2. The van der Waals surface area contributed by atoms with Crippen LogP contribution in [0.4, 0.5) is 0 Å². The minimum atomic E-state index is -1.22. The van der Waals surface area contributed by atoms with Gasteiger partial charge in [0, 0.05) is 23.9 Å². The zero-order valence-corrected chi connectivity index (χ0v) is 11.9. The standard InChI is InChI=1S/C15H19NO2S/c1-16-13-10-6-5-9-12(13)14(15(16)17)19(18)11-7-3-2-4-8-11/h2-4,7-8,12-14H,5-6,9-10H2,1H3/t12-,13+,14-,19?/m1/s1. The van der Waals surface area contributed by atoms with Crippen LogP contribution < -0.4 is 0 Å². The molecule has 0 radical (unpaired) electrons. The van der Waals surface area contributed by atoms with Gasteiger partial charge in [-0.15, -0.1) is 0 Å². The summed E-state index contributed by atoms with van der Waals surface area (Å²) in [5, 5.41) is -0.335. The van der Waals surface area contributed by atoms with Gasteiger partial charge in [0.2, 0.25) is 5.91 Å². The van der Waals surface area contributed by atoms with Crippen molar-refractivity contribution in [1.82, 2.24) is 4.90 Å². The second-order valence-electron chi connectivity index (χ2n) is 5.50. The van der Waals surface area contributed by atoms with E-state index in [0.717, 1.165) is 24.2 Å². The third kappa shape index (κ3) is 2.12. The average molecular weight is 277 g/mol. The molecule has 0 spiro atoms. The molecule has 3 nitrogen and oxygen atoms in total. The minimum Gasteiger partial charge on any atom is -0.341 e. The second kappa shape index (κ2) is 5.08. The molecule has 4 atom stereocenters. The summed E-state index contributed by atoms with van der Waals surface area (Å²) in [6, 6.07) is 9.70. The van der Waals surface area contributed by atoms with Gasteiger partial charge in [-0.2, -0.15) is 0 Å². The summed E-state index contributed by atoms with van der Waals surface area (Å²) in [7, 11) is 0.649. The van der Waals surface area contributed by atoms with Crippen molar-refractivity contribution < 1.29 is 9.00 Å². The fourth-order valence-electron chi connectivity index (χ4n) is 3.47. The third-order valence-corrected chi connectivity index (χ3v) is 6.21. The second-order valence-corrected chi connectivity index (χ2v) is 7.07. The highest BCUT2D eigenvalue weighted by Crippen LogP contribution is 2.39. The fraction of sp³-hybridized carbons (Fsp3) is 0.533. The van der Waals surface area contributed by atoms with Crippen LogP contribution in [0, 0.1) is 5.92 Å². The summed E-state index contributed by atoms with van der Waals surface area (Å²) >= 11 is 0. The Hall–Kier alpha value is -1.16. The summed E-state index contributed by atoms with van der Waals surface area (Å²) < 4.78 is 12.7. The molecule has 1 aromatic rings. The van der Waals surface area contributed by atoms with E-state index in [1.165, 1.54) is 6.42 Å². The van der Waals surface area contributed by atoms with Crippen molar-refractivity contribution in [3.8, 4) is 0 Å². The summed E-state index contributed by atoms with van der Waals surface area (Å²) in [5.74, 6) is 0.339. The Labute approximate surface area is 116 Å². The number of benzene rings is 1. The normalized spacial score (nSPS) is 32.2. The molecule has 2 aliphatic rings. The van der Waals surface area contributed by atoms with Crippen LogP contribution in [0.2, 0.25) is 0 Å². The molecule has 19 heavy (non-hydrogen) atoms. The maximum absolute atomic E-state index is 12.7. The quantitative estimate of drug-likeness (QED) is 0.831. The SMILES string of the molecule is CN1C(=O)[C@H](S(=O)c2ccccc2)[C@@H]2CCCC[C@@H]21. The molecule has 4 heteroatoms. The van der Waals surface area contributed by atoms with Gasteiger partial charge in [0.05, 0.1) is 10.8 Å². The van der Waals surface area contributed by atoms with E-state index in [-0.39, 0.29) is 17.1 Å². The first kappa shape index (κ1) is 12.9. The third-order valence-electron chi connectivity index (χ3n) is 4.47. The van der Waals surface area contributed by atoms with E-state index < -0.39 is 10.8 Å². The van der Waals surface area contributed by atoms with Gasteiger partial charge in [0.15, 0.2) is 0 Å². The monoisotopic (exact) mass is 277 g/mol. The molecule has 0 N–H and O–H groups in total. The van der Waals surface area contributed by atoms with Crippen molar-refractivity contribution >= 4 is 16.7 Å². The number of fused-ring (bicyclic) bond motifs is 1. The molecule has 3 rings (SSSR count). The van der Waals surface area contributed by atoms with E-state index in [1.807, 2.05) is 42.3 Å². The van der Waals surface area contributed by atoms with Crippen molar-refractivity contribution in [2.45, 2.75) is 41.9 Å². The molecule has 1 saturated carbocycles. The number of nitrogens with zero attached hydrogens (tertiary/aromatic N) is 1. The molecule has 1 amide bonds. The lowest BCUT2D eigenvalue weighted by Crippen LogP contribution is -2.33. The lowest BCUT2D eigenvalue weighted by molar-refractivity contribution is -0.127. The van der Waals surface area contributed by atoms with Gasteiger partial charge in [-0.3, -0.25) is 9.00 Å². The maximum atomic E-state index is 12.7. The number of carbonyl (C=O) groups is 1. The highest BCUT2D eigenvalue weighted by molar-refractivity contribution is 7.86. The van der Waals surface area contributed by atoms with Gasteiger partial charge >= 0.3 is 0 Å². The van der Waals surface area contributed by atoms with Crippen LogP contribution in [-0.4, -0.2) is 33.4 Å². The molecule has 0 aromatic heterocycles. The number of carbonyl (C=O) groups excluding carboxylic acids is 1. The van der Waals surface area contributed by atoms with Crippen molar-refractivity contribution in [3.63, 3.8) is 0 Å². The van der Waals surface area contributed by atoms with Crippen molar-refractivity contribution in [2.75, 3.05) is 7.05 Å². The Morgan fingerprint density at radius 1 is 1.16 bits per heavy atom. The van der Waals surface area contributed by atoms with Crippen LogP contribution in [-0.2, 0) is 15.6 Å². The molecular weight excluding hydrogens is 258 g/mol. The summed E-state index contributed by atoms with van der Waals surface area (Å²) in [5.41, 5.74) is 0. The zero-order valence-electron chi connectivity index (χ0n) is 11.1. The van der Waals surface area contributed by atoms with Gasteiger partial charge in [0.25, 0.3) is 0 Å². The summed E-state index contributed by atoms with van der Waals surface area (Å²) in [4.78, 5) is 15.0. The number of amides is 1. The van der Waals surface area contributed by atoms with Crippen LogP contribution in [0.5, 0.6) is 0 Å². The summed E-state index contributed by atoms with van der Waals surface area (Å²) in [6.07, 6.45) is 4.44. The predicted octanol–water partition coefficient (Wildman–Crippen LogP) is 2.19. The highest BCUT2D eigenvalue weighted by Gasteiger charge is 2.49. The number of hydrogen-bond acceptors (Lipinski definition) is 2. The van der Waals surface area contributed by atoms with Crippen LogP contribution in [0.3, 0.4) is 0 Å². The minimum absolute atomic E-state index is 0.0686. The van der Waals surface area contributed by atoms with E-state index in [0.29, 0.717) is 6.04 Å². The van der Waals surface area contributed by atoms with Gasteiger partial charge in [-0.25, -0.2) is 0 Å². The largest absolute Gasteiger partial charge is 0.341 e. The topological polar surface area (TPSA) is 37.4 Å². The molecule has 1 aliphatic heterocycles. The first-order chi connectivity index (χ1) is 9.20. The lowest BCUT2D eigenvalue weighted by Gasteiger charge is -2.29. The Bertz CT molecular complexity index is 502. The first-order valence-electron chi connectivity index (χ1n) is 6.92. The maximum Gasteiger partial charge on any atom is 0.239 e. The Morgan fingerprint density at radius 2 is 1.84 bits per heavy atom. The molecule has 1 unspecified atom stereocenters. The van der Waals surface area contributed by atoms with E-state index in [2.05, 4.69) is 0 Å². The van der Waals surface area contributed by atoms with Crippen LogP contribution in [0.15, 0.2) is 35.2 Å².